The van der Waals surface area contributed by atoms with Gasteiger partial charge in [-0.2, -0.15) is 0 Å². The summed E-state index contributed by atoms with van der Waals surface area (Å²) in [5.41, 5.74) is -0.644. The van der Waals surface area contributed by atoms with Crippen LogP contribution >= 0.6 is 31.9 Å². The summed E-state index contributed by atoms with van der Waals surface area (Å²) in [6, 6.07) is 5.15. The minimum atomic E-state index is -1.08. The first-order valence-electron chi connectivity index (χ1n) is 5.45. The van der Waals surface area contributed by atoms with Gasteiger partial charge in [-0.15, -0.1) is 0 Å². The van der Waals surface area contributed by atoms with Crippen LogP contribution in [0.1, 0.15) is 29.6 Å². The van der Waals surface area contributed by atoms with Crippen molar-refractivity contribution < 1.29 is 14.7 Å². The normalized spacial score (nSPS) is 16.8. The van der Waals surface area contributed by atoms with E-state index in [1.165, 1.54) is 0 Å². The van der Waals surface area contributed by atoms with E-state index in [1.54, 1.807) is 18.2 Å². The third-order valence-electron chi connectivity index (χ3n) is 3.15. The monoisotopic (exact) mass is 375 g/mol. The Hall–Kier alpha value is -0.880. The van der Waals surface area contributed by atoms with E-state index in [-0.39, 0.29) is 5.91 Å². The number of carbonyl (C=O) groups excluding carboxylic acids is 1. The first-order valence-corrected chi connectivity index (χ1v) is 7.04. The molecule has 2 N–H and O–H groups in total. The van der Waals surface area contributed by atoms with Crippen LogP contribution in [0.4, 0.5) is 0 Å². The van der Waals surface area contributed by atoms with Crippen molar-refractivity contribution in [1.82, 2.24) is 5.32 Å². The molecule has 1 aliphatic rings. The van der Waals surface area contributed by atoms with Gasteiger partial charge in [0.25, 0.3) is 5.91 Å². The summed E-state index contributed by atoms with van der Waals surface area (Å²) in [5.74, 6) is -1.33. The molecular formula is C12H11Br2NO3. The highest BCUT2D eigenvalue weighted by Gasteiger charge is 2.45. The minimum absolute atomic E-state index is 0.364. The van der Waals surface area contributed by atoms with Gasteiger partial charge in [-0.3, -0.25) is 4.79 Å². The van der Waals surface area contributed by atoms with Gasteiger partial charge < -0.3 is 10.4 Å². The number of aliphatic carboxylic acids is 1. The van der Waals surface area contributed by atoms with E-state index in [0.29, 0.717) is 22.9 Å². The van der Waals surface area contributed by atoms with Crippen LogP contribution in [0.2, 0.25) is 0 Å². The van der Waals surface area contributed by atoms with Crippen LogP contribution in [0.3, 0.4) is 0 Å². The Morgan fingerprint density at radius 1 is 1.28 bits per heavy atom. The highest BCUT2D eigenvalue weighted by atomic mass is 79.9. The molecule has 0 aliphatic heterocycles. The molecule has 1 amide bonds. The number of rotatable bonds is 3. The molecule has 2 rings (SSSR count). The van der Waals surface area contributed by atoms with Gasteiger partial charge >= 0.3 is 5.97 Å². The van der Waals surface area contributed by atoms with Gasteiger partial charge in [0, 0.05) is 8.95 Å². The summed E-state index contributed by atoms with van der Waals surface area (Å²) >= 11 is 6.59. The van der Waals surface area contributed by atoms with E-state index < -0.39 is 11.5 Å². The number of hydrogen-bond acceptors (Lipinski definition) is 2. The van der Waals surface area contributed by atoms with Crippen LogP contribution in [0.5, 0.6) is 0 Å². The van der Waals surface area contributed by atoms with Crippen molar-refractivity contribution in [3.63, 3.8) is 0 Å². The average molecular weight is 377 g/mol. The lowest BCUT2D eigenvalue weighted by Gasteiger charge is -2.38. The molecule has 1 aromatic carbocycles. The van der Waals surface area contributed by atoms with Crippen molar-refractivity contribution in [2.24, 2.45) is 0 Å². The van der Waals surface area contributed by atoms with E-state index in [9.17, 15) is 9.59 Å². The lowest BCUT2D eigenvalue weighted by atomic mass is 9.76. The van der Waals surface area contributed by atoms with Gasteiger partial charge in [-0.05, 0) is 53.4 Å². The van der Waals surface area contributed by atoms with Crippen molar-refractivity contribution in [2.45, 2.75) is 24.8 Å². The molecule has 0 radical (unpaired) electrons. The molecule has 4 nitrogen and oxygen atoms in total. The Bertz CT molecular complexity index is 512. The summed E-state index contributed by atoms with van der Waals surface area (Å²) in [4.78, 5) is 23.2. The van der Waals surface area contributed by atoms with Gasteiger partial charge in [-0.25, -0.2) is 4.79 Å². The molecule has 1 fully saturated rings. The van der Waals surface area contributed by atoms with Gasteiger partial charge in [0.2, 0.25) is 0 Å². The second-order valence-corrected chi connectivity index (χ2v) is 6.09. The zero-order valence-electron chi connectivity index (χ0n) is 9.37. The fourth-order valence-corrected chi connectivity index (χ4v) is 3.11. The number of nitrogens with one attached hydrogen (secondary N) is 1. The molecule has 0 unspecified atom stereocenters. The van der Waals surface area contributed by atoms with E-state index in [4.69, 9.17) is 5.11 Å². The lowest BCUT2D eigenvalue weighted by Crippen LogP contribution is -2.59. The molecule has 0 spiro atoms. The summed E-state index contributed by atoms with van der Waals surface area (Å²) < 4.78 is 1.48. The third-order valence-corrected chi connectivity index (χ3v) is 4.29. The number of carboxylic acids is 1. The van der Waals surface area contributed by atoms with Crippen molar-refractivity contribution in [1.29, 1.82) is 0 Å². The Morgan fingerprint density at radius 2 is 1.94 bits per heavy atom. The Balaban J connectivity index is 2.19. The topological polar surface area (TPSA) is 66.4 Å². The molecule has 0 atom stereocenters. The SMILES string of the molecule is O=C(NC1(C(=O)O)CCC1)c1ccc(Br)cc1Br. The lowest BCUT2D eigenvalue weighted by molar-refractivity contribution is -0.148. The number of carbonyl (C=O) groups is 2. The Labute approximate surface area is 121 Å². The van der Waals surface area contributed by atoms with E-state index in [1.807, 2.05) is 0 Å². The van der Waals surface area contributed by atoms with Crippen molar-refractivity contribution in [3.05, 3.63) is 32.7 Å². The molecule has 96 valence electrons. The third kappa shape index (κ3) is 2.44. The maximum Gasteiger partial charge on any atom is 0.329 e. The number of hydrogen-bond donors (Lipinski definition) is 2. The largest absolute Gasteiger partial charge is 0.480 e. The van der Waals surface area contributed by atoms with E-state index >= 15 is 0 Å². The first kappa shape index (κ1) is 13.5. The Kier molecular flexibility index (Phi) is 3.77. The summed E-state index contributed by atoms with van der Waals surface area (Å²) in [6.45, 7) is 0. The fourth-order valence-electron chi connectivity index (χ4n) is 1.88. The molecule has 6 heteroatoms. The van der Waals surface area contributed by atoms with E-state index in [0.717, 1.165) is 10.9 Å². The summed E-state index contributed by atoms with van der Waals surface area (Å²) in [7, 11) is 0. The number of amides is 1. The molecule has 0 aromatic heterocycles. The number of halogens is 2. The molecular weight excluding hydrogens is 366 g/mol. The van der Waals surface area contributed by atoms with Crippen LogP contribution in [0, 0.1) is 0 Å². The molecule has 0 saturated heterocycles. The van der Waals surface area contributed by atoms with Crippen LogP contribution in [-0.4, -0.2) is 22.5 Å². The van der Waals surface area contributed by atoms with E-state index in [2.05, 4.69) is 37.2 Å². The number of benzene rings is 1. The predicted molar refractivity (Wildman–Crippen MR) is 73.5 cm³/mol. The highest BCUT2D eigenvalue weighted by molar-refractivity contribution is 9.11. The average Bonchev–Trinajstić information content (AvgIpc) is 2.22. The zero-order valence-corrected chi connectivity index (χ0v) is 12.5. The number of carboxylic acid groups (broad SMARTS) is 1. The molecule has 1 aliphatic carbocycles. The molecule has 18 heavy (non-hydrogen) atoms. The second-order valence-electron chi connectivity index (χ2n) is 4.32. The van der Waals surface area contributed by atoms with Crippen molar-refractivity contribution in [2.75, 3.05) is 0 Å². The van der Waals surface area contributed by atoms with Gasteiger partial charge in [0.1, 0.15) is 5.54 Å². The minimum Gasteiger partial charge on any atom is -0.480 e. The summed E-state index contributed by atoms with van der Waals surface area (Å²) in [5, 5.41) is 11.8. The maximum absolute atomic E-state index is 12.1. The predicted octanol–water partition coefficient (Wildman–Crippen LogP) is 2.95. The van der Waals surface area contributed by atoms with Crippen LogP contribution in [-0.2, 0) is 4.79 Å². The smallest absolute Gasteiger partial charge is 0.329 e. The fraction of sp³-hybridized carbons (Fsp3) is 0.333. The van der Waals surface area contributed by atoms with Gasteiger partial charge in [0.15, 0.2) is 0 Å². The standard InChI is InChI=1S/C12H11Br2NO3/c13-7-2-3-8(9(14)6-7)10(16)15-12(11(17)18)4-1-5-12/h2-3,6H,1,4-5H2,(H,15,16)(H,17,18). The van der Waals surface area contributed by atoms with Crippen LogP contribution in [0.15, 0.2) is 27.1 Å². The van der Waals surface area contributed by atoms with Crippen molar-refractivity contribution >= 4 is 43.7 Å². The molecule has 1 aromatic rings. The second kappa shape index (κ2) is 5.01. The van der Waals surface area contributed by atoms with Gasteiger partial charge in [0.05, 0.1) is 5.56 Å². The first-order chi connectivity index (χ1) is 8.44. The maximum atomic E-state index is 12.1. The molecule has 1 saturated carbocycles. The zero-order chi connectivity index (χ0) is 13.3. The highest BCUT2D eigenvalue weighted by Crippen LogP contribution is 2.33. The van der Waals surface area contributed by atoms with Gasteiger partial charge in [-0.1, -0.05) is 15.9 Å². The van der Waals surface area contributed by atoms with Crippen LogP contribution in [0.25, 0.3) is 0 Å². The quantitative estimate of drug-likeness (QED) is 0.852. The molecule has 0 heterocycles. The van der Waals surface area contributed by atoms with Crippen molar-refractivity contribution in [3.8, 4) is 0 Å². The van der Waals surface area contributed by atoms with Crippen LogP contribution < -0.4 is 5.32 Å². The molecule has 0 bridgehead atoms. The Morgan fingerprint density at radius 3 is 2.39 bits per heavy atom. The summed E-state index contributed by atoms with van der Waals surface area (Å²) in [6.07, 6.45) is 1.80.